The third-order valence-electron chi connectivity index (χ3n) is 3.64. The normalized spacial score (nSPS) is 20.2. The Kier molecular flexibility index (Phi) is 5.23. The van der Waals surface area contributed by atoms with Crippen LogP contribution in [0.4, 0.5) is 0 Å². The van der Waals surface area contributed by atoms with E-state index in [1.54, 1.807) is 0 Å². The summed E-state index contributed by atoms with van der Waals surface area (Å²) in [5.74, 6) is 1.07. The van der Waals surface area contributed by atoms with Gasteiger partial charge in [0.15, 0.2) is 0 Å². The standard InChI is InChI=1S/C15H21ClN2O/c1-18-8-2-3-13(11-18)10-17-15(19)14-6-4-12(9-16)5-7-14/h4-7,13H,2-3,8-11H2,1H3,(H,17,19). The first-order chi connectivity index (χ1) is 9.19. The van der Waals surface area contributed by atoms with Crippen LogP contribution in [-0.4, -0.2) is 37.5 Å². The van der Waals surface area contributed by atoms with E-state index in [2.05, 4.69) is 17.3 Å². The van der Waals surface area contributed by atoms with Gasteiger partial charge in [0.2, 0.25) is 0 Å². The first kappa shape index (κ1) is 14.4. The number of amides is 1. The molecular weight excluding hydrogens is 260 g/mol. The highest BCUT2D eigenvalue weighted by Crippen LogP contribution is 2.14. The maximum Gasteiger partial charge on any atom is 0.251 e. The van der Waals surface area contributed by atoms with Crippen molar-refractivity contribution in [2.45, 2.75) is 18.7 Å². The van der Waals surface area contributed by atoms with E-state index in [9.17, 15) is 4.79 Å². The summed E-state index contributed by atoms with van der Waals surface area (Å²) in [5, 5.41) is 3.03. The van der Waals surface area contributed by atoms with Crippen molar-refractivity contribution < 1.29 is 4.79 Å². The zero-order valence-electron chi connectivity index (χ0n) is 11.4. The topological polar surface area (TPSA) is 32.3 Å². The molecule has 2 rings (SSSR count). The maximum atomic E-state index is 12.0. The summed E-state index contributed by atoms with van der Waals surface area (Å²) in [6.45, 7) is 3.01. The van der Waals surface area contributed by atoms with E-state index >= 15 is 0 Å². The van der Waals surface area contributed by atoms with Crippen LogP contribution in [0.1, 0.15) is 28.8 Å². The number of hydrogen-bond acceptors (Lipinski definition) is 2. The van der Waals surface area contributed by atoms with Crippen molar-refractivity contribution in [3.63, 3.8) is 0 Å². The Morgan fingerprint density at radius 2 is 2.16 bits per heavy atom. The maximum absolute atomic E-state index is 12.0. The zero-order chi connectivity index (χ0) is 13.7. The van der Waals surface area contributed by atoms with Crippen LogP contribution in [-0.2, 0) is 5.88 Å². The lowest BCUT2D eigenvalue weighted by Gasteiger charge is -2.29. The molecule has 1 amide bonds. The zero-order valence-corrected chi connectivity index (χ0v) is 12.1. The predicted octanol–water partition coefficient (Wildman–Crippen LogP) is 2.50. The molecule has 1 aliphatic rings. The number of hydrogen-bond donors (Lipinski definition) is 1. The number of piperidine rings is 1. The Morgan fingerprint density at radius 3 is 2.79 bits per heavy atom. The van der Waals surface area contributed by atoms with E-state index in [4.69, 9.17) is 11.6 Å². The Morgan fingerprint density at radius 1 is 1.42 bits per heavy atom. The molecule has 0 aromatic heterocycles. The summed E-state index contributed by atoms with van der Waals surface area (Å²) >= 11 is 5.73. The molecule has 19 heavy (non-hydrogen) atoms. The lowest BCUT2D eigenvalue weighted by molar-refractivity contribution is 0.0937. The van der Waals surface area contributed by atoms with Crippen LogP contribution < -0.4 is 5.32 Å². The van der Waals surface area contributed by atoms with Gasteiger partial charge >= 0.3 is 0 Å². The van der Waals surface area contributed by atoms with Gasteiger partial charge in [-0.3, -0.25) is 4.79 Å². The number of rotatable bonds is 4. The lowest BCUT2D eigenvalue weighted by atomic mass is 9.98. The van der Waals surface area contributed by atoms with E-state index in [0.29, 0.717) is 17.4 Å². The minimum Gasteiger partial charge on any atom is -0.352 e. The van der Waals surface area contributed by atoms with Crippen LogP contribution in [0.2, 0.25) is 0 Å². The van der Waals surface area contributed by atoms with E-state index in [-0.39, 0.29) is 5.91 Å². The van der Waals surface area contributed by atoms with Gasteiger partial charge in [0.25, 0.3) is 5.91 Å². The van der Waals surface area contributed by atoms with Crippen molar-refractivity contribution in [3.8, 4) is 0 Å². The molecule has 4 heteroatoms. The van der Waals surface area contributed by atoms with Crippen LogP contribution in [0.5, 0.6) is 0 Å². The Hall–Kier alpha value is -1.06. The molecule has 3 nitrogen and oxygen atoms in total. The smallest absolute Gasteiger partial charge is 0.251 e. The molecule has 0 saturated carbocycles. The van der Waals surface area contributed by atoms with Crippen molar-refractivity contribution in [2.75, 3.05) is 26.7 Å². The fourth-order valence-electron chi connectivity index (χ4n) is 2.52. The molecule has 1 aromatic rings. The highest BCUT2D eigenvalue weighted by Gasteiger charge is 2.17. The molecular formula is C15H21ClN2O. The van der Waals surface area contributed by atoms with E-state index in [1.807, 2.05) is 24.3 Å². The Balaban J connectivity index is 1.83. The average molecular weight is 281 g/mol. The van der Waals surface area contributed by atoms with Crippen LogP contribution >= 0.6 is 11.6 Å². The number of benzene rings is 1. The third-order valence-corrected chi connectivity index (χ3v) is 3.95. The summed E-state index contributed by atoms with van der Waals surface area (Å²) in [4.78, 5) is 14.3. The molecule has 1 aliphatic heterocycles. The molecule has 0 aliphatic carbocycles. The molecule has 1 atom stereocenters. The van der Waals surface area contributed by atoms with Crippen molar-refractivity contribution in [1.29, 1.82) is 0 Å². The number of alkyl halides is 1. The average Bonchev–Trinajstić information content (AvgIpc) is 2.45. The highest BCUT2D eigenvalue weighted by atomic mass is 35.5. The Labute approximate surface area is 119 Å². The number of nitrogens with one attached hydrogen (secondary N) is 1. The van der Waals surface area contributed by atoms with Gasteiger partial charge in [-0.2, -0.15) is 0 Å². The van der Waals surface area contributed by atoms with E-state index < -0.39 is 0 Å². The van der Waals surface area contributed by atoms with Gasteiger partial charge in [-0.15, -0.1) is 11.6 Å². The van der Waals surface area contributed by atoms with Crippen molar-refractivity contribution >= 4 is 17.5 Å². The van der Waals surface area contributed by atoms with Crippen molar-refractivity contribution in [3.05, 3.63) is 35.4 Å². The quantitative estimate of drug-likeness (QED) is 0.860. The van der Waals surface area contributed by atoms with Gasteiger partial charge in [-0.1, -0.05) is 12.1 Å². The summed E-state index contributed by atoms with van der Waals surface area (Å²) in [6, 6.07) is 7.46. The van der Waals surface area contributed by atoms with Crippen LogP contribution in [0, 0.1) is 5.92 Å². The Bertz CT molecular complexity index is 419. The minimum absolute atomic E-state index is 0.00866. The SMILES string of the molecule is CN1CCCC(CNC(=O)c2ccc(CCl)cc2)C1. The third kappa shape index (κ3) is 4.22. The minimum atomic E-state index is 0.00866. The van der Waals surface area contributed by atoms with Gasteiger partial charge in [0.05, 0.1) is 0 Å². The summed E-state index contributed by atoms with van der Waals surface area (Å²) < 4.78 is 0. The van der Waals surface area contributed by atoms with Gasteiger partial charge in [-0.25, -0.2) is 0 Å². The highest BCUT2D eigenvalue weighted by molar-refractivity contribution is 6.17. The predicted molar refractivity (Wildman–Crippen MR) is 78.6 cm³/mol. The number of nitrogens with zero attached hydrogens (tertiary/aromatic N) is 1. The van der Waals surface area contributed by atoms with Gasteiger partial charge in [0.1, 0.15) is 0 Å². The first-order valence-corrected chi connectivity index (χ1v) is 7.34. The van der Waals surface area contributed by atoms with Gasteiger partial charge in [0, 0.05) is 24.5 Å². The number of halogens is 1. The molecule has 1 saturated heterocycles. The molecule has 1 N–H and O–H groups in total. The van der Waals surface area contributed by atoms with Gasteiger partial charge in [-0.05, 0) is 50.0 Å². The number of carbonyl (C=O) groups is 1. The molecule has 1 heterocycles. The molecule has 1 fully saturated rings. The lowest BCUT2D eigenvalue weighted by Crippen LogP contribution is -2.39. The van der Waals surface area contributed by atoms with Crippen LogP contribution in [0.3, 0.4) is 0 Å². The fraction of sp³-hybridized carbons (Fsp3) is 0.533. The molecule has 1 aromatic carbocycles. The molecule has 0 radical (unpaired) electrons. The van der Waals surface area contributed by atoms with E-state index in [0.717, 1.165) is 18.7 Å². The second kappa shape index (κ2) is 6.92. The van der Waals surface area contributed by atoms with Crippen molar-refractivity contribution in [2.24, 2.45) is 5.92 Å². The largest absolute Gasteiger partial charge is 0.352 e. The molecule has 1 unspecified atom stereocenters. The van der Waals surface area contributed by atoms with Crippen LogP contribution in [0.15, 0.2) is 24.3 Å². The molecule has 104 valence electrons. The second-order valence-electron chi connectivity index (χ2n) is 5.31. The second-order valence-corrected chi connectivity index (χ2v) is 5.58. The first-order valence-electron chi connectivity index (χ1n) is 6.80. The van der Waals surface area contributed by atoms with E-state index in [1.165, 1.54) is 19.4 Å². The number of likely N-dealkylation sites (tertiary alicyclic amines) is 1. The van der Waals surface area contributed by atoms with Crippen LogP contribution in [0.25, 0.3) is 0 Å². The number of carbonyl (C=O) groups excluding carboxylic acids is 1. The molecule has 0 spiro atoms. The van der Waals surface area contributed by atoms with Gasteiger partial charge < -0.3 is 10.2 Å². The molecule has 0 bridgehead atoms. The summed E-state index contributed by atoms with van der Waals surface area (Å²) in [5.41, 5.74) is 1.74. The summed E-state index contributed by atoms with van der Waals surface area (Å²) in [7, 11) is 2.14. The monoisotopic (exact) mass is 280 g/mol. The van der Waals surface area contributed by atoms with Crippen molar-refractivity contribution in [1.82, 2.24) is 10.2 Å². The summed E-state index contributed by atoms with van der Waals surface area (Å²) in [6.07, 6.45) is 2.43. The fourth-order valence-corrected chi connectivity index (χ4v) is 2.70.